The molecule has 3 rings (SSSR count). The Labute approximate surface area is 170 Å². The number of halogens is 1. The van der Waals surface area contributed by atoms with E-state index in [4.69, 9.17) is 4.74 Å². The van der Waals surface area contributed by atoms with Gasteiger partial charge < -0.3 is 9.64 Å². The van der Waals surface area contributed by atoms with Gasteiger partial charge in [0.25, 0.3) is 5.91 Å². The van der Waals surface area contributed by atoms with Gasteiger partial charge in [0.05, 0.1) is 17.1 Å². The third-order valence-electron chi connectivity index (χ3n) is 4.82. The molecular weight excluding hydrogens is 395 g/mol. The molecule has 1 saturated heterocycles. The second-order valence-corrected chi connectivity index (χ2v) is 9.07. The Morgan fingerprint density at radius 1 is 1.07 bits per heavy atom. The van der Waals surface area contributed by atoms with E-state index in [2.05, 4.69) is 0 Å². The van der Waals surface area contributed by atoms with Crippen LogP contribution in [0.3, 0.4) is 0 Å². The summed E-state index contributed by atoms with van der Waals surface area (Å²) in [5.41, 5.74) is 0.936. The molecule has 0 bridgehead atoms. The number of benzene rings is 2. The summed E-state index contributed by atoms with van der Waals surface area (Å²) in [6.45, 7) is 6.49. The Morgan fingerprint density at radius 2 is 1.62 bits per heavy atom. The SMILES string of the molecule is CCN(C(=O)c1ccc(S(=O)(=O)N2C[C@@H](C)O[C@@H](C)C2)cc1)c1ccc(F)cc1. The third kappa shape index (κ3) is 4.66. The minimum atomic E-state index is -3.67. The molecule has 0 aliphatic carbocycles. The van der Waals surface area contributed by atoms with Gasteiger partial charge >= 0.3 is 0 Å². The van der Waals surface area contributed by atoms with E-state index < -0.39 is 10.0 Å². The van der Waals surface area contributed by atoms with Gasteiger partial charge in [0.2, 0.25) is 10.0 Å². The minimum absolute atomic E-state index is 0.139. The van der Waals surface area contributed by atoms with Crippen molar-refractivity contribution < 1.29 is 22.3 Å². The number of hydrogen-bond acceptors (Lipinski definition) is 4. The summed E-state index contributed by atoms with van der Waals surface area (Å²) in [5.74, 6) is -0.657. The van der Waals surface area contributed by atoms with E-state index in [9.17, 15) is 17.6 Å². The number of anilines is 1. The van der Waals surface area contributed by atoms with E-state index in [1.165, 1.54) is 57.7 Å². The van der Waals surface area contributed by atoms with Crippen LogP contribution in [0.4, 0.5) is 10.1 Å². The van der Waals surface area contributed by atoms with Crippen molar-refractivity contribution in [3.05, 3.63) is 59.9 Å². The van der Waals surface area contributed by atoms with Crippen molar-refractivity contribution in [2.45, 2.75) is 37.9 Å². The lowest BCUT2D eigenvalue weighted by molar-refractivity contribution is -0.0440. The van der Waals surface area contributed by atoms with Crippen LogP contribution in [0.5, 0.6) is 0 Å². The molecule has 1 fully saturated rings. The zero-order chi connectivity index (χ0) is 21.2. The monoisotopic (exact) mass is 420 g/mol. The molecule has 6 nitrogen and oxygen atoms in total. The molecule has 0 N–H and O–H groups in total. The highest BCUT2D eigenvalue weighted by atomic mass is 32.2. The number of amides is 1. The van der Waals surface area contributed by atoms with Crippen LogP contribution in [0.1, 0.15) is 31.1 Å². The Kier molecular flexibility index (Phi) is 6.36. The number of ether oxygens (including phenoxy) is 1. The maximum Gasteiger partial charge on any atom is 0.258 e. The average molecular weight is 421 g/mol. The van der Waals surface area contributed by atoms with Crippen molar-refractivity contribution in [3.63, 3.8) is 0 Å². The first-order valence-electron chi connectivity index (χ1n) is 9.55. The van der Waals surface area contributed by atoms with Crippen LogP contribution in [0, 0.1) is 5.82 Å². The molecule has 1 aliphatic rings. The van der Waals surface area contributed by atoms with Crippen LogP contribution in [0.25, 0.3) is 0 Å². The van der Waals surface area contributed by atoms with Crippen LogP contribution in [0.2, 0.25) is 0 Å². The number of carbonyl (C=O) groups is 1. The highest BCUT2D eigenvalue weighted by molar-refractivity contribution is 7.89. The van der Waals surface area contributed by atoms with Gasteiger partial charge in [-0.25, -0.2) is 12.8 Å². The Bertz CT molecular complexity index is 951. The van der Waals surface area contributed by atoms with Crippen molar-refractivity contribution in [3.8, 4) is 0 Å². The van der Waals surface area contributed by atoms with Crippen molar-refractivity contribution in [2.75, 3.05) is 24.5 Å². The van der Waals surface area contributed by atoms with Crippen LogP contribution in [0.15, 0.2) is 53.4 Å². The van der Waals surface area contributed by atoms with Gasteiger partial charge in [0.15, 0.2) is 0 Å². The lowest BCUT2D eigenvalue weighted by Crippen LogP contribution is -2.48. The molecule has 2 atom stereocenters. The molecule has 0 unspecified atom stereocenters. The zero-order valence-electron chi connectivity index (χ0n) is 16.7. The van der Waals surface area contributed by atoms with E-state index in [0.29, 0.717) is 30.9 Å². The predicted octanol–water partition coefficient (Wildman–Crippen LogP) is 3.29. The molecule has 0 radical (unpaired) electrons. The standard InChI is InChI=1S/C21H25FN2O4S/c1-4-24(19-9-7-18(22)8-10-19)21(25)17-5-11-20(12-6-17)29(26,27)23-13-15(2)28-16(3)14-23/h5-12,15-16H,4,13-14H2,1-3H3/t15-,16+. The van der Waals surface area contributed by atoms with Gasteiger partial charge in [-0.3, -0.25) is 4.79 Å². The van der Waals surface area contributed by atoms with E-state index in [-0.39, 0.29) is 28.8 Å². The normalized spacial score (nSPS) is 20.4. The number of morpholine rings is 1. The summed E-state index contributed by atoms with van der Waals surface area (Å²) in [6.07, 6.45) is -0.355. The molecule has 1 aliphatic heterocycles. The summed E-state index contributed by atoms with van der Waals surface area (Å²) in [4.78, 5) is 14.5. The van der Waals surface area contributed by atoms with Gasteiger partial charge in [-0.05, 0) is 69.3 Å². The molecule has 0 spiro atoms. The molecule has 1 heterocycles. The van der Waals surface area contributed by atoms with Crippen molar-refractivity contribution in [2.24, 2.45) is 0 Å². The number of sulfonamides is 1. The van der Waals surface area contributed by atoms with E-state index >= 15 is 0 Å². The predicted molar refractivity (Wildman–Crippen MR) is 109 cm³/mol. The van der Waals surface area contributed by atoms with Crippen LogP contribution in [-0.4, -0.2) is 50.5 Å². The lowest BCUT2D eigenvalue weighted by Gasteiger charge is -2.34. The Hall–Kier alpha value is -2.29. The van der Waals surface area contributed by atoms with E-state index in [0.717, 1.165) is 0 Å². The molecule has 2 aromatic carbocycles. The summed E-state index contributed by atoms with van der Waals surface area (Å²) in [7, 11) is -3.67. The number of rotatable bonds is 5. The van der Waals surface area contributed by atoms with Crippen LogP contribution in [-0.2, 0) is 14.8 Å². The highest BCUT2D eigenvalue weighted by Gasteiger charge is 2.32. The molecule has 0 aromatic heterocycles. The fourth-order valence-corrected chi connectivity index (χ4v) is 5.06. The van der Waals surface area contributed by atoms with Crippen molar-refractivity contribution in [1.29, 1.82) is 0 Å². The molecule has 1 amide bonds. The molecular formula is C21H25FN2O4S. The maximum absolute atomic E-state index is 13.2. The topological polar surface area (TPSA) is 66.9 Å². The largest absolute Gasteiger partial charge is 0.373 e. The summed E-state index contributed by atoms with van der Waals surface area (Å²) < 4.78 is 46.1. The first-order chi connectivity index (χ1) is 13.7. The first-order valence-corrected chi connectivity index (χ1v) is 11.0. The number of hydrogen-bond donors (Lipinski definition) is 0. The first kappa shape index (κ1) is 21.4. The van der Waals surface area contributed by atoms with Gasteiger partial charge in [0, 0.05) is 30.9 Å². The highest BCUT2D eigenvalue weighted by Crippen LogP contribution is 2.23. The molecule has 2 aromatic rings. The lowest BCUT2D eigenvalue weighted by atomic mass is 10.2. The van der Waals surface area contributed by atoms with Gasteiger partial charge in [0.1, 0.15) is 5.82 Å². The maximum atomic E-state index is 13.2. The molecule has 0 saturated carbocycles. The quantitative estimate of drug-likeness (QED) is 0.745. The second-order valence-electron chi connectivity index (χ2n) is 7.13. The molecule has 29 heavy (non-hydrogen) atoms. The summed E-state index contributed by atoms with van der Waals surface area (Å²) in [5, 5.41) is 0. The van der Waals surface area contributed by atoms with Gasteiger partial charge in [-0.2, -0.15) is 4.31 Å². The van der Waals surface area contributed by atoms with E-state index in [1.54, 1.807) is 0 Å². The molecule has 8 heteroatoms. The van der Waals surface area contributed by atoms with Crippen molar-refractivity contribution in [1.82, 2.24) is 4.31 Å². The second kappa shape index (κ2) is 8.61. The van der Waals surface area contributed by atoms with Gasteiger partial charge in [-0.15, -0.1) is 0 Å². The fourth-order valence-electron chi connectivity index (χ4n) is 3.47. The Balaban J connectivity index is 1.81. The number of nitrogens with zero attached hydrogens (tertiary/aromatic N) is 2. The fraction of sp³-hybridized carbons (Fsp3) is 0.381. The summed E-state index contributed by atoms with van der Waals surface area (Å²) >= 11 is 0. The van der Waals surface area contributed by atoms with Crippen LogP contribution < -0.4 is 4.90 Å². The number of carbonyl (C=O) groups excluding carboxylic acids is 1. The molecule has 156 valence electrons. The minimum Gasteiger partial charge on any atom is -0.373 e. The van der Waals surface area contributed by atoms with Crippen molar-refractivity contribution >= 4 is 21.6 Å². The Morgan fingerprint density at radius 3 is 2.14 bits per heavy atom. The van der Waals surface area contributed by atoms with E-state index in [1.807, 2.05) is 20.8 Å². The summed E-state index contributed by atoms with van der Waals surface area (Å²) in [6, 6.07) is 11.6. The third-order valence-corrected chi connectivity index (χ3v) is 6.67. The smallest absolute Gasteiger partial charge is 0.258 e. The average Bonchev–Trinajstić information content (AvgIpc) is 2.69. The van der Waals surface area contributed by atoms with Crippen LogP contribution >= 0.6 is 0 Å². The van der Waals surface area contributed by atoms with Gasteiger partial charge in [-0.1, -0.05) is 0 Å². The zero-order valence-corrected chi connectivity index (χ0v) is 17.5.